The summed E-state index contributed by atoms with van der Waals surface area (Å²) in [5.41, 5.74) is 9.53. The number of thiazole rings is 1. The zero-order valence-electron chi connectivity index (χ0n) is 15.5. The molecule has 0 saturated carbocycles. The molecule has 0 radical (unpaired) electrons. The van der Waals surface area contributed by atoms with Crippen LogP contribution in [0.2, 0.25) is 0 Å². The molecular weight excluding hydrogens is 378 g/mol. The minimum Gasteiger partial charge on any atom is -0.384 e. The van der Waals surface area contributed by atoms with Crippen molar-refractivity contribution >= 4 is 45.6 Å². The smallest absolute Gasteiger partial charge is 0.230 e. The number of nitrogen functional groups attached to an aromatic ring is 1. The van der Waals surface area contributed by atoms with E-state index < -0.39 is 0 Å². The SMILES string of the molecule is CCc1ccc(N(C(C)=O)c2nc(CSc3nc(C)cc(N)n3)cs2)cc1. The first-order valence-corrected chi connectivity index (χ1v) is 10.4. The van der Waals surface area contributed by atoms with E-state index in [1.165, 1.54) is 28.7 Å². The average molecular weight is 400 g/mol. The standard InChI is InChI=1S/C19H21N5OS2/c1-4-14-5-7-16(8-6-14)24(13(3)25)19-22-15(11-27-19)10-26-18-21-12(2)9-17(20)23-18/h5-9,11H,4,10H2,1-3H3,(H2,20,21,23). The number of hydrogen-bond donors (Lipinski definition) is 1. The molecule has 140 valence electrons. The summed E-state index contributed by atoms with van der Waals surface area (Å²) in [5.74, 6) is 1.00. The van der Waals surface area contributed by atoms with Gasteiger partial charge in [-0.3, -0.25) is 9.69 Å². The molecule has 6 nitrogen and oxygen atoms in total. The number of hydrogen-bond acceptors (Lipinski definition) is 7. The van der Waals surface area contributed by atoms with Gasteiger partial charge in [0.15, 0.2) is 10.3 Å². The van der Waals surface area contributed by atoms with E-state index in [1.54, 1.807) is 17.9 Å². The number of amides is 1. The average Bonchev–Trinajstić information content (AvgIpc) is 3.08. The molecule has 0 fully saturated rings. The summed E-state index contributed by atoms with van der Waals surface area (Å²) in [5, 5.41) is 3.24. The van der Waals surface area contributed by atoms with Crippen LogP contribution in [0, 0.1) is 6.92 Å². The van der Waals surface area contributed by atoms with Crippen molar-refractivity contribution in [3.8, 4) is 0 Å². The van der Waals surface area contributed by atoms with Gasteiger partial charge in [-0.05, 0) is 31.0 Å². The lowest BCUT2D eigenvalue weighted by Gasteiger charge is -2.18. The number of rotatable bonds is 6. The number of carbonyl (C=O) groups is 1. The van der Waals surface area contributed by atoms with Crippen molar-refractivity contribution in [2.24, 2.45) is 0 Å². The van der Waals surface area contributed by atoms with Crippen LogP contribution in [0.15, 0.2) is 40.9 Å². The molecule has 2 aromatic heterocycles. The maximum atomic E-state index is 12.2. The Hall–Kier alpha value is -2.45. The second kappa shape index (κ2) is 8.49. The minimum atomic E-state index is -0.0670. The maximum Gasteiger partial charge on any atom is 0.230 e. The molecule has 1 aromatic carbocycles. The molecule has 2 N–H and O–H groups in total. The summed E-state index contributed by atoms with van der Waals surface area (Å²) in [6, 6.07) is 9.72. The number of anilines is 3. The van der Waals surface area contributed by atoms with Gasteiger partial charge in [0, 0.05) is 29.8 Å². The van der Waals surface area contributed by atoms with Gasteiger partial charge in [0.1, 0.15) is 5.82 Å². The van der Waals surface area contributed by atoms with Crippen LogP contribution >= 0.6 is 23.1 Å². The number of nitrogens with zero attached hydrogens (tertiary/aromatic N) is 4. The highest BCUT2D eigenvalue weighted by atomic mass is 32.2. The maximum absolute atomic E-state index is 12.2. The lowest BCUT2D eigenvalue weighted by Crippen LogP contribution is -2.22. The highest BCUT2D eigenvalue weighted by Crippen LogP contribution is 2.31. The third-order valence-corrected chi connectivity index (χ3v) is 5.61. The van der Waals surface area contributed by atoms with Crippen LogP contribution in [0.5, 0.6) is 0 Å². The predicted octanol–water partition coefficient (Wildman–Crippen LogP) is 4.36. The molecule has 3 rings (SSSR count). The molecule has 0 aliphatic heterocycles. The van der Waals surface area contributed by atoms with E-state index in [0.29, 0.717) is 21.9 Å². The van der Waals surface area contributed by atoms with Gasteiger partial charge in [0.2, 0.25) is 5.91 Å². The number of aryl methyl sites for hydroxylation is 2. The Balaban J connectivity index is 1.76. The van der Waals surface area contributed by atoms with Gasteiger partial charge in [-0.1, -0.05) is 30.8 Å². The molecule has 0 atom stereocenters. The Labute approximate surface area is 166 Å². The summed E-state index contributed by atoms with van der Waals surface area (Å²) < 4.78 is 0. The Morgan fingerprint density at radius 1 is 1.22 bits per heavy atom. The molecular formula is C19H21N5OS2. The molecule has 0 spiro atoms. The number of benzene rings is 1. The molecule has 0 aliphatic carbocycles. The predicted molar refractivity (Wildman–Crippen MR) is 111 cm³/mol. The van der Waals surface area contributed by atoms with Gasteiger partial charge in [-0.15, -0.1) is 11.3 Å². The zero-order valence-corrected chi connectivity index (χ0v) is 17.1. The highest BCUT2D eigenvalue weighted by Gasteiger charge is 2.18. The van der Waals surface area contributed by atoms with Crippen molar-refractivity contribution in [3.63, 3.8) is 0 Å². The molecule has 3 aromatic rings. The highest BCUT2D eigenvalue weighted by molar-refractivity contribution is 7.98. The van der Waals surface area contributed by atoms with E-state index in [4.69, 9.17) is 5.73 Å². The number of thioether (sulfide) groups is 1. The molecule has 0 bridgehead atoms. The Morgan fingerprint density at radius 2 is 1.96 bits per heavy atom. The van der Waals surface area contributed by atoms with Crippen LogP contribution < -0.4 is 10.6 Å². The van der Waals surface area contributed by atoms with Crippen molar-refractivity contribution in [2.45, 2.75) is 38.1 Å². The Morgan fingerprint density at radius 3 is 2.59 bits per heavy atom. The molecule has 0 unspecified atom stereocenters. The molecule has 2 heterocycles. The van der Waals surface area contributed by atoms with E-state index in [9.17, 15) is 4.79 Å². The van der Waals surface area contributed by atoms with Crippen molar-refractivity contribution in [2.75, 3.05) is 10.6 Å². The van der Waals surface area contributed by atoms with Crippen LogP contribution in [0.1, 0.15) is 30.8 Å². The van der Waals surface area contributed by atoms with E-state index in [2.05, 4.69) is 21.9 Å². The zero-order chi connectivity index (χ0) is 19.4. The van der Waals surface area contributed by atoms with E-state index in [0.717, 1.165) is 23.5 Å². The first-order chi connectivity index (χ1) is 13.0. The van der Waals surface area contributed by atoms with Gasteiger partial charge in [-0.2, -0.15) is 0 Å². The largest absolute Gasteiger partial charge is 0.384 e. The summed E-state index contributed by atoms with van der Waals surface area (Å²) in [6.45, 7) is 5.54. The fraction of sp³-hybridized carbons (Fsp3) is 0.263. The number of carbonyl (C=O) groups excluding carboxylic acids is 1. The van der Waals surface area contributed by atoms with Gasteiger partial charge in [-0.25, -0.2) is 15.0 Å². The summed E-state index contributed by atoms with van der Waals surface area (Å²) >= 11 is 2.92. The van der Waals surface area contributed by atoms with E-state index >= 15 is 0 Å². The quantitative estimate of drug-likeness (QED) is 0.489. The molecule has 1 amide bonds. The lowest BCUT2D eigenvalue weighted by molar-refractivity contribution is -0.115. The Kier molecular flexibility index (Phi) is 6.08. The van der Waals surface area contributed by atoms with Crippen molar-refractivity contribution in [3.05, 3.63) is 52.7 Å². The Bertz CT molecular complexity index is 919. The van der Waals surface area contributed by atoms with Crippen LogP contribution in [0.4, 0.5) is 16.6 Å². The van der Waals surface area contributed by atoms with Crippen molar-refractivity contribution in [1.29, 1.82) is 0 Å². The van der Waals surface area contributed by atoms with Gasteiger partial charge in [0.25, 0.3) is 0 Å². The first-order valence-electron chi connectivity index (χ1n) is 8.54. The minimum absolute atomic E-state index is 0.0670. The molecule has 0 saturated heterocycles. The van der Waals surface area contributed by atoms with Crippen molar-refractivity contribution < 1.29 is 4.79 Å². The van der Waals surface area contributed by atoms with E-state index in [1.807, 2.05) is 36.6 Å². The van der Waals surface area contributed by atoms with E-state index in [-0.39, 0.29) is 5.91 Å². The molecule has 8 heteroatoms. The third kappa shape index (κ3) is 4.84. The van der Waals surface area contributed by atoms with Crippen LogP contribution in [0.3, 0.4) is 0 Å². The summed E-state index contributed by atoms with van der Waals surface area (Å²) in [4.78, 5) is 27.1. The number of nitrogens with two attached hydrogens (primary N) is 1. The van der Waals surface area contributed by atoms with Gasteiger partial charge >= 0.3 is 0 Å². The monoisotopic (exact) mass is 399 g/mol. The first kappa shape index (κ1) is 19.3. The number of aromatic nitrogens is 3. The summed E-state index contributed by atoms with van der Waals surface area (Å²) in [6.07, 6.45) is 0.963. The fourth-order valence-electron chi connectivity index (χ4n) is 2.54. The fourth-order valence-corrected chi connectivity index (χ4v) is 4.34. The summed E-state index contributed by atoms with van der Waals surface area (Å²) in [7, 11) is 0. The second-order valence-corrected chi connectivity index (χ2v) is 7.78. The van der Waals surface area contributed by atoms with Crippen LogP contribution in [-0.4, -0.2) is 20.9 Å². The second-order valence-electron chi connectivity index (χ2n) is 6.00. The van der Waals surface area contributed by atoms with Crippen LogP contribution in [0.25, 0.3) is 0 Å². The topological polar surface area (TPSA) is 85.0 Å². The molecule has 27 heavy (non-hydrogen) atoms. The van der Waals surface area contributed by atoms with Gasteiger partial charge in [0.05, 0.1) is 11.4 Å². The normalized spacial score (nSPS) is 10.8. The third-order valence-electron chi connectivity index (χ3n) is 3.85. The van der Waals surface area contributed by atoms with Gasteiger partial charge < -0.3 is 5.73 Å². The lowest BCUT2D eigenvalue weighted by atomic mass is 10.1. The van der Waals surface area contributed by atoms with Crippen LogP contribution in [-0.2, 0) is 17.0 Å². The van der Waals surface area contributed by atoms with Crippen molar-refractivity contribution in [1.82, 2.24) is 15.0 Å². The molecule has 0 aliphatic rings.